The number of pyridine rings is 1. The van der Waals surface area contributed by atoms with E-state index in [4.69, 9.17) is 0 Å². The van der Waals surface area contributed by atoms with E-state index in [1.165, 1.54) is 28.7 Å². The van der Waals surface area contributed by atoms with Crippen molar-refractivity contribution in [3.05, 3.63) is 78.6 Å². The third kappa shape index (κ3) is 3.64. The first-order chi connectivity index (χ1) is 16.3. The van der Waals surface area contributed by atoms with Crippen molar-refractivity contribution in [1.82, 2.24) is 13.3 Å². The van der Waals surface area contributed by atoms with Gasteiger partial charge in [-0.1, -0.05) is 30.3 Å². The monoisotopic (exact) mass is 495 g/mol. The lowest BCUT2D eigenvalue weighted by Crippen LogP contribution is -2.27. The average Bonchev–Trinajstić information content (AvgIpc) is 3.53. The van der Waals surface area contributed by atoms with Crippen LogP contribution in [0.15, 0.2) is 82.7 Å². The molecule has 0 unspecified atom stereocenters. The number of nitrogens with zero attached hydrogens (tertiary/aromatic N) is 3. The average molecular weight is 496 g/mol. The highest BCUT2D eigenvalue weighted by molar-refractivity contribution is 7.90. The molecular formula is C24H21N3O5S2. The fourth-order valence-corrected chi connectivity index (χ4v) is 7.24. The van der Waals surface area contributed by atoms with E-state index < -0.39 is 20.0 Å². The van der Waals surface area contributed by atoms with Gasteiger partial charge < -0.3 is 0 Å². The van der Waals surface area contributed by atoms with Crippen LogP contribution in [0.1, 0.15) is 23.3 Å². The Balaban J connectivity index is 1.62. The Hall–Kier alpha value is -3.34. The summed E-state index contributed by atoms with van der Waals surface area (Å²) in [6.07, 6.45) is 3.67. The van der Waals surface area contributed by atoms with E-state index in [-0.39, 0.29) is 21.1 Å². The van der Waals surface area contributed by atoms with Crippen LogP contribution >= 0.6 is 0 Å². The maximum atomic E-state index is 13.3. The number of hydrogen-bond donors (Lipinski definition) is 0. The Labute approximate surface area is 197 Å². The first-order valence-electron chi connectivity index (χ1n) is 10.7. The summed E-state index contributed by atoms with van der Waals surface area (Å²) in [4.78, 5) is 16.3. The van der Waals surface area contributed by atoms with E-state index in [1.807, 2.05) is 0 Å². The van der Waals surface area contributed by atoms with Crippen molar-refractivity contribution < 1.29 is 21.6 Å². The molecule has 1 aliphatic heterocycles. The third-order valence-electron chi connectivity index (χ3n) is 5.96. The molecule has 0 atom stereocenters. The lowest BCUT2D eigenvalue weighted by Gasteiger charge is -2.15. The van der Waals surface area contributed by atoms with E-state index in [0.717, 1.165) is 16.8 Å². The number of aldehydes is 1. The molecule has 8 nitrogen and oxygen atoms in total. The summed E-state index contributed by atoms with van der Waals surface area (Å²) < 4.78 is 54.7. The van der Waals surface area contributed by atoms with Crippen molar-refractivity contribution in [2.75, 3.05) is 13.1 Å². The van der Waals surface area contributed by atoms with Gasteiger partial charge in [0.25, 0.3) is 10.0 Å². The summed E-state index contributed by atoms with van der Waals surface area (Å²) in [6.45, 7) is 1.04. The van der Waals surface area contributed by atoms with Crippen LogP contribution in [0.3, 0.4) is 0 Å². The van der Waals surface area contributed by atoms with Gasteiger partial charge in [-0.25, -0.2) is 25.8 Å². The number of benzene rings is 2. The second-order valence-corrected chi connectivity index (χ2v) is 11.7. The zero-order valence-corrected chi connectivity index (χ0v) is 19.7. The zero-order chi connectivity index (χ0) is 23.9. The number of aromatic nitrogens is 2. The van der Waals surface area contributed by atoms with E-state index in [9.17, 15) is 21.6 Å². The molecule has 4 aromatic rings. The van der Waals surface area contributed by atoms with Crippen LogP contribution in [0.4, 0.5) is 0 Å². The topological polar surface area (TPSA) is 106 Å². The van der Waals surface area contributed by atoms with Crippen LogP contribution in [0.2, 0.25) is 0 Å². The third-order valence-corrected chi connectivity index (χ3v) is 9.60. The molecule has 0 aliphatic carbocycles. The van der Waals surface area contributed by atoms with E-state index in [0.29, 0.717) is 35.9 Å². The first kappa shape index (κ1) is 22.5. The number of rotatable bonds is 6. The van der Waals surface area contributed by atoms with Crippen LogP contribution in [0, 0.1) is 0 Å². The van der Waals surface area contributed by atoms with E-state index >= 15 is 0 Å². The molecule has 34 heavy (non-hydrogen) atoms. The van der Waals surface area contributed by atoms with Crippen LogP contribution in [-0.4, -0.2) is 49.5 Å². The van der Waals surface area contributed by atoms with Crippen molar-refractivity contribution in [2.24, 2.45) is 0 Å². The molecule has 2 aromatic carbocycles. The second kappa shape index (κ2) is 8.46. The molecule has 1 saturated heterocycles. The fraction of sp³-hybridized carbons (Fsp3) is 0.167. The molecule has 5 rings (SSSR count). The Kier molecular flexibility index (Phi) is 5.59. The smallest absolute Gasteiger partial charge is 0.270 e. The Morgan fingerprint density at radius 1 is 0.794 bits per heavy atom. The van der Waals surface area contributed by atoms with Gasteiger partial charge in [0, 0.05) is 24.7 Å². The van der Waals surface area contributed by atoms with Gasteiger partial charge in [-0.15, -0.1) is 0 Å². The number of carbonyl (C=O) groups excluding carboxylic acids is 1. The minimum Gasteiger partial charge on any atom is -0.296 e. The van der Waals surface area contributed by atoms with Gasteiger partial charge in [0.05, 0.1) is 15.5 Å². The molecule has 10 heteroatoms. The van der Waals surface area contributed by atoms with Crippen LogP contribution < -0.4 is 0 Å². The highest BCUT2D eigenvalue weighted by Crippen LogP contribution is 2.33. The summed E-state index contributed by atoms with van der Waals surface area (Å²) in [5.41, 5.74) is 1.39. The van der Waals surface area contributed by atoms with Gasteiger partial charge >= 0.3 is 0 Å². The quantitative estimate of drug-likeness (QED) is 0.379. The standard InChI is InChI=1S/C24H21N3O5S2/c28-17-19-16-23-22(18-8-10-21(11-9-18)33(29,30)26-14-4-5-15-26)12-13-25-24(23)27(19)34(31,32)20-6-2-1-3-7-20/h1-3,6-13,16-17H,4-5,14-15H2. The molecule has 0 amide bonds. The Bertz CT molecular complexity index is 1590. The summed E-state index contributed by atoms with van der Waals surface area (Å²) in [7, 11) is -7.61. The van der Waals surface area contributed by atoms with Gasteiger partial charge in [-0.2, -0.15) is 4.31 Å². The highest BCUT2D eigenvalue weighted by atomic mass is 32.2. The summed E-state index contributed by atoms with van der Waals surface area (Å²) >= 11 is 0. The summed E-state index contributed by atoms with van der Waals surface area (Å²) in [5, 5.41) is 0.472. The number of fused-ring (bicyclic) bond motifs is 1. The predicted molar refractivity (Wildman–Crippen MR) is 128 cm³/mol. The maximum Gasteiger partial charge on any atom is 0.270 e. The van der Waals surface area contributed by atoms with Gasteiger partial charge in [-0.3, -0.25) is 4.79 Å². The molecule has 0 N–H and O–H groups in total. The molecule has 3 heterocycles. The lowest BCUT2D eigenvalue weighted by atomic mass is 10.0. The molecule has 1 aliphatic rings. The molecule has 2 aromatic heterocycles. The lowest BCUT2D eigenvalue weighted by molar-refractivity contribution is 0.111. The minimum absolute atomic E-state index is 0.0410. The summed E-state index contributed by atoms with van der Waals surface area (Å²) in [5.74, 6) is 0. The minimum atomic E-state index is -4.06. The van der Waals surface area contributed by atoms with Crippen molar-refractivity contribution in [1.29, 1.82) is 0 Å². The number of sulfonamides is 1. The van der Waals surface area contributed by atoms with Crippen molar-refractivity contribution >= 4 is 37.4 Å². The van der Waals surface area contributed by atoms with E-state index in [2.05, 4.69) is 4.98 Å². The van der Waals surface area contributed by atoms with Gasteiger partial charge in [-0.05, 0) is 60.4 Å². The Morgan fingerprint density at radius 3 is 2.09 bits per heavy atom. The number of carbonyl (C=O) groups is 1. The summed E-state index contributed by atoms with van der Waals surface area (Å²) in [6, 6.07) is 17.5. The first-order valence-corrected chi connectivity index (χ1v) is 13.6. The fourth-order valence-electron chi connectivity index (χ4n) is 4.26. The molecular weight excluding hydrogens is 474 g/mol. The largest absolute Gasteiger partial charge is 0.296 e. The van der Waals surface area contributed by atoms with Crippen LogP contribution in [-0.2, 0) is 20.0 Å². The van der Waals surface area contributed by atoms with Crippen LogP contribution in [0.5, 0.6) is 0 Å². The second-order valence-electron chi connectivity index (χ2n) is 8.00. The molecule has 0 radical (unpaired) electrons. The van der Waals surface area contributed by atoms with E-state index in [1.54, 1.807) is 48.5 Å². The predicted octanol–water partition coefficient (Wildman–Crippen LogP) is 3.54. The number of hydrogen-bond acceptors (Lipinski definition) is 6. The van der Waals surface area contributed by atoms with Crippen LogP contribution in [0.25, 0.3) is 22.2 Å². The highest BCUT2D eigenvalue weighted by Gasteiger charge is 2.28. The van der Waals surface area contributed by atoms with Crippen molar-refractivity contribution in [3.63, 3.8) is 0 Å². The molecule has 0 saturated carbocycles. The van der Waals surface area contributed by atoms with Crippen molar-refractivity contribution in [3.8, 4) is 11.1 Å². The van der Waals surface area contributed by atoms with Gasteiger partial charge in [0.15, 0.2) is 11.9 Å². The molecule has 174 valence electrons. The molecule has 0 spiro atoms. The van der Waals surface area contributed by atoms with Gasteiger partial charge in [0.1, 0.15) is 0 Å². The molecule has 0 bridgehead atoms. The van der Waals surface area contributed by atoms with Crippen molar-refractivity contribution in [2.45, 2.75) is 22.6 Å². The van der Waals surface area contributed by atoms with Gasteiger partial charge in [0.2, 0.25) is 10.0 Å². The normalized spacial score (nSPS) is 15.1. The maximum absolute atomic E-state index is 13.3. The molecule has 1 fully saturated rings. The Morgan fingerprint density at radius 2 is 1.44 bits per heavy atom. The zero-order valence-electron chi connectivity index (χ0n) is 18.0. The SMILES string of the molecule is O=Cc1cc2c(-c3ccc(S(=O)(=O)N4CCCC4)cc3)ccnc2n1S(=O)(=O)c1ccccc1.